The Bertz CT molecular complexity index is 785. The van der Waals surface area contributed by atoms with Gasteiger partial charge in [0.2, 0.25) is 5.91 Å². The van der Waals surface area contributed by atoms with Gasteiger partial charge in [0.25, 0.3) is 11.1 Å². The lowest BCUT2D eigenvalue weighted by molar-refractivity contribution is -0.134. The quantitative estimate of drug-likeness (QED) is 0.696. The molecule has 7 nitrogen and oxygen atoms in total. The number of methoxy groups -OCH3 is 2. The van der Waals surface area contributed by atoms with E-state index >= 15 is 0 Å². The highest BCUT2D eigenvalue weighted by Gasteiger charge is 2.29. The molecular formula is C19H25N3O4S. The number of benzene rings is 1. The number of nitrogens with zero attached hydrogens (tertiary/aromatic N) is 3. The minimum absolute atomic E-state index is 0.112. The van der Waals surface area contributed by atoms with Crippen LogP contribution in [0.4, 0.5) is 0 Å². The molecule has 2 atom stereocenters. The van der Waals surface area contributed by atoms with Crippen molar-refractivity contribution in [1.82, 2.24) is 15.1 Å². The summed E-state index contributed by atoms with van der Waals surface area (Å²) < 4.78 is 16.3. The van der Waals surface area contributed by atoms with Gasteiger partial charge in [0.15, 0.2) is 0 Å². The maximum Gasteiger partial charge on any atom is 0.277 e. The van der Waals surface area contributed by atoms with Gasteiger partial charge in [-0.1, -0.05) is 11.8 Å². The molecule has 0 aliphatic carbocycles. The van der Waals surface area contributed by atoms with Crippen LogP contribution in [0.2, 0.25) is 0 Å². The molecule has 0 bridgehead atoms. The smallest absolute Gasteiger partial charge is 0.277 e. The van der Waals surface area contributed by atoms with Gasteiger partial charge >= 0.3 is 0 Å². The van der Waals surface area contributed by atoms with Crippen LogP contribution in [-0.2, 0) is 4.79 Å². The van der Waals surface area contributed by atoms with Crippen LogP contribution >= 0.6 is 11.8 Å². The molecule has 8 heteroatoms. The van der Waals surface area contributed by atoms with Gasteiger partial charge in [-0.15, -0.1) is 10.2 Å². The zero-order valence-electron chi connectivity index (χ0n) is 16.1. The fourth-order valence-corrected chi connectivity index (χ4v) is 4.10. The molecule has 0 saturated carbocycles. The van der Waals surface area contributed by atoms with E-state index in [1.807, 2.05) is 11.0 Å². The fourth-order valence-electron chi connectivity index (χ4n) is 3.46. The van der Waals surface area contributed by atoms with E-state index in [1.165, 1.54) is 18.2 Å². The molecule has 1 fully saturated rings. The molecule has 2 aromatic rings. The minimum Gasteiger partial charge on any atom is -0.497 e. The highest BCUT2D eigenvalue weighted by Crippen LogP contribution is 2.34. The molecule has 0 unspecified atom stereocenters. The van der Waals surface area contributed by atoms with Gasteiger partial charge in [-0.05, 0) is 45.2 Å². The maximum atomic E-state index is 12.6. The topological polar surface area (TPSA) is 77.7 Å². The molecule has 2 heterocycles. The van der Waals surface area contributed by atoms with Gasteiger partial charge in [0.1, 0.15) is 11.5 Å². The van der Waals surface area contributed by atoms with Crippen LogP contribution < -0.4 is 9.47 Å². The Morgan fingerprint density at radius 3 is 2.63 bits per heavy atom. The third-order valence-corrected chi connectivity index (χ3v) is 5.65. The van der Waals surface area contributed by atoms with Crippen molar-refractivity contribution >= 4 is 17.7 Å². The SMILES string of the molecule is COc1ccc(-c2nnc(SCC(=O)N3[C@@H](C)CCC[C@@H]3C)o2)c(OC)c1. The summed E-state index contributed by atoms with van der Waals surface area (Å²) in [6.45, 7) is 4.22. The summed E-state index contributed by atoms with van der Waals surface area (Å²) in [6, 6.07) is 5.93. The Labute approximate surface area is 163 Å². The average molecular weight is 391 g/mol. The summed E-state index contributed by atoms with van der Waals surface area (Å²) in [6.07, 6.45) is 3.29. The van der Waals surface area contributed by atoms with Crippen molar-refractivity contribution in [3.63, 3.8) is 0 Å². The second-order valence-corrected chi connectivity index (χ2v) is 7.58. The number of hydrogen-bond donors (Lipinski definition) is 0. The lowest BCUT2D eigenvalue weighted by Crippen LogP contribution is -2.48. The van der Waals surface area contributed by atoms with Crippen LogP contribution in [0.5, 0.6) is 11.5 Å². The minimum atomic E-state index is 0.112. The summed E-state index contributed by atoms with van der Waals surface area (Å²) in [5.41, 5.74) is 0.683. The summed E-state index contributed by atoms with van der Waals surface area (Å²) in [5.74, 6) is 2.02. The molecule has 3 rings (SSSR count). The molecule has 27 heavy (non-hydrogen) atoms. The maximum absolute atomic E-state index is 12.6. The molecule has 0 N–H and O–H groups in total. The number of carbonyl (C=O) groups excluding carboxylic acids is 1. The van der Waals surface area contributed by atoms with Crippen LogP contribution in [-0.4, -0.2) is 53.1 Å². The van der Waals surface area contributed by atoms with Gasteiger partial charge in [-0.25, -0.2) is 0 Å². The van der Waals surface area contributed by atoms with Crippen molar-refractivity contribution in [2.24, 2.45) is 0 Å². The van der Waals surface area contributed by atoms with Crippen LogP contribution in [0, 0.1) is 0 Å². The molecule has 1 aromatic carbocycles. The molecular weight excluding hydrogens is 366 g/mol. The van der Waals surface area contributed by atoms with E-state index in [0.29, 0.717) is 28.2 Å². The largest absolute Gasteiger partial charge is 0.497 e. The molecule has 1 amide bonds. The first-order valence-corrected chi connectivity index (χ1v) is 10.0. The number of thioether (sulfide) groups is 1. The Kier molecular flexibility index (Phi) is 6.26. The number of likely N-dealkylation sites (tertiary alicyclic amines) is 1. The average Bonchev–Trinajstić information content (AvgIpc) is 3.14. The summed E-state index contributed by atoms with van der Waals surface area (Å²) in [7, 11) is 3.17. The molecule has 1 saturated heterocycles. The predicted molar refractivity (Wildman–Crippen MR) is 103 cm³/mol. The highest BCUT2D eigenvalue weighted by atomic mass is 32.2. The van der Waals surface area contributed by atoms with Crippen molar-refractivity contribution < 1.29 is 18.7 Å². The van der Waals surface area contributed by atoms with E-state index in [0.717, 1.165) is 12.8 Å². The predicted octanol–water partition coefficient (Wildman–Crippen LogP) is 3.64. The molecule has 1 aromatic heterocycles. The zero-order valence-corrected chi connectivity index (χ0v) is 16.9. The highest BCUT2D eigenvalue weighted by molar-refractivity contribution is 7.99. The lowest BCUT2D eigenvalue weighted by Gasteiger charge is -2.39. The number of hydrogen-bond acceptors (Lipinski definition) is 7. The van der Waals surface area contributed by atoms with Crippen LogP contribution in [0.15, 0.2) is 27.8 Å². The summed E-state index contributed by atoms with van der Waals surface area (Å²) in [4.78, 5) is 14.6. The van der Waals surface area contributed by atoms with E-state index in [1.54, 1.807) is 26.4 Å². The number of ether oxygens (including phenoxy) is 2. The summed E-state index contributed by atoms with van der Waals surface area (Å²) in [5, 5.41) is 8.51. The summed E-state index contributed by atoms with van der Waals surface area (Å²) >= 11 is 1.27. The van der Waals surface area contributed by atoms with Gasteiger partial charge in [0, 0.05) is 18.2 Å². The number of amides is 1. The first-order valence-electron chi connectivity index (χ1n) is 9.03. The van der Waals surface area contributed by atoms with E-state index in [4.69, 9.17) is 13.9 Å². The number of aromatic nitrogens is 2. The fraction of sp³-hybridized carbons (Fsp3) is 0.526. The first-order chi connectivity index (χ1) is 13.0. The van der Waals surface area contributed by atoms with Gasteiger partial charge in [-0.2, -0.15) is 0 Å². The standard InChI is InChI=1S/C19H25N3O4S/c1-12-6-5-7-13(2)22(12)17(23)11-27-19-21-20-18(26-19)15-9-8-14(24-3)10-16(15)25-4/h8-10,12-13H,5-7,11H2,1-4H3/t12-,13-/m0/s1. The van der Waals surface area contributed by atoms with Gasteiger partial charge in [-0.3, -0.25) is 4.79 Å². The third kappa shape index (κ3) is 4.37. The number of carbonyl (C=O) groups is 1. The Balaban J connectivity index is 1.67. The normalized spacial score (nSPS) is 19.8. The first kappa shape index (κ1) is 19.5. The Morgan fingerprint density at radius 1 is 1.22 bits per heavy atom. The van der Waals surface area contributed by atoms with E-state index < -0.39 is 0 Å². The Morgan fingerprint density at radius 2 is 1.96 bits per heavy atom. The molecule has 146 valence electrons. The second-order valence-electron chi connectivity index (χ2n) is 6.66. The van der Waals surface area contributed by atoms with E-state index in [-0.39, 0.29) is 23.7 Å². The molecule has 1 aliphatic rings. The van der Waals surface area contributed by atoms with Crippen molar-refractivity contribution in [3.05, 3.63) is 18.2 Å². The molecule has 1 aliphatic heterocycles. The second kappa shape index (κ2) is 8.65. The number of piperidine rings is 1. The van der Waals surface area contributed by atoms with Crippen LogP contribution in [0.1, 0.15) is 33.1 Å². The lowest BCUT2D eigenvalue weighted by atomic mass is 9.98. The number of rotatable bonds is 6. The van der Waals surface area contributed by atoms with Crippen molar-refractivity contribution in [2.75, 3.05) is 20.0 Å². The third-order valence-electron chi connectivity index (χ3n) is 4.85. The van der Waals surface area contributed by atoms with Crippen LogP contribution in [0.25, 0.3) is 11.5 Å². The van der Waals surface area contributed by atoms with Crippen molar-refractivity contribution in [3.8, 4) is 23.0 Å². The van der Waals surface area contributed by atoms with E-state index in [2.05, 4.69) is 24.0 Å². The Hall–Kier alpha value is -2.22. The van der Waals surface area contributed by atoms with E-state index in [9.17, 15) is 4.79 Å². The van der Waals surface area contributed by atoms with Crippen molar-refractivity contribution in [2.45, 2.75) is 50.4 Å². The molecule has 0 spiro atoms. The molecule has 0 radical (unpaired) electrons. The van der Waals surface area contributed by atoms with Crippen molar-refractivity contribution in [1.29, 1.82) is 0 Å². The van der Waals surface area contributed by atoms with Gasteiger partial charge in [0.05, 0.1) is 25.5 Å². The van der Waals surface area contributed by atoms with Crippen LogP contribution in [0.3, 0.4) is 0 Å². The zero-order chi connectivity index (χ0) is 19.4. The monoisotopic (exact) mass is 391 g/mol. The van der Waals surface area contributed by atoms with Gasteiger partial charge < -0.3 is 18.8 Å².